The standard InChI is InChI=1S/C13H11NO3/c15-7-8-6-10-11(8)13(17)14(12(10)16)9-4-2-1-3-5-9/h1-6,10-11,15H,7H2. The van der Waals surface area contributed by atoms with Gasteiger partial charge in [-0.3, -0.25) is 9.59 Å². The average Bonchev–Trinajstić information content (AvgIpc) is 2.47. The lowest BCUT2D eigenvalue weighted by Gasteiger charge is -2.24. The van der Waals surface area contributed by atoms with Crippen LogP contribution in [0.2, 0.25) is 0 Å². The number of aliphatic hydroxyl groups excluding tert-OH is 1. The summed E-state index contributed by atoms with van der Waals surface area (Å²) in [7, 11) is 0. The predicted octanol–water partition coefficient (Wildman–Crippen LogP) is 0.725. The summed E-state index contributed by atoms with van der Waals surface area (Å²) in [4.78, 5) is 25.3. The molecule has 0 spiro atoms. The number of rotatable bonds is 2. The average molecular weight is 229 g/mol. The molecule has 4 nitrogen and oxygen atoms in total. The lowest BCUT2D eigenvalue weighted by Crippen LogP contribution is -2.30. The molecule has 1 fully saturated rings. The van der Waals surface area contributed by atoms with Crippen LogP contribution in [0.5, 0.6) is 0 Å². The number of carbonyl (C=O) groups excluding carboxylic acids is 2. The fourth-order valence-corrected chi connectivity index (χ4v) is 2.45. The number of para-hydroxylation sites is 1. The minimum atomic E-state index is -0.437. The fourth-order valence-electron chi connectivity index (χ4n) is 2.45. The number of fused-ring (bicyclic) bond motifs is 1. The second-order valence-electron chi connectivity index (χ2n) is 4.25. The van der Waals surface area contributed by atoms with Crippen LogP contribution in [0.3, 0.4) is 0 Å². The molecule has 1 aromatic rings. The van der Waals surface area contributed by atoms with E-state index in [0.717, 1.165) is 0 Å². The van der Waals surface area contributed by atoms with Gasteiger partial charge in [0.15, 0.2) is 0 Å². The number of carbonyl (C=O) groups is 2. The molecule has 3 rings (SSSR count). The van der Waals surface area contributed by atoms with E-state index in [0.29, 0.717) is 11.3 Å². The van der Waals surface area contributed by atoms with E-state index in [2.05, 4.69) is 0 Å². The van der Waals surface area contributed by atoms with Crippen molar-refractivity contribution in [2.24, 2.45) is 11.8 Å². The van der Waals surface area contributed by atoms with Gasteiger partial charge in [-0.05, 0) is 17.7 Å². The van der Waals surface area contributed by atoms with Crippen molar-refractivity contribution in [3.8, 4) is 0 Å². The van der Waals surface area contributed by atoms with Crippen LogP contribution in [-0.2, 0) is 9.59 Å². The number of nitrogens with zero attached hydrogens (tertiary/aromatic N) is 1. The quantitative estimate of drug-likeness (QED) is 0.600. The highest BCUT2D eigenvalue weighted by atomic mass is 16.3. The molecule has 1 heterocycles. The number of imide groups is 1. The van der Waals surface area contributed by atoms with Crippen LogP contribution in [0.1, 0.15) is 0 Å². The zero-order chi connectivity index (χ0) is 12.0. The first-order chi connectivity index (χ1) is 8.24. The zero-order valence-corrected chi connectivity index (χ0v) is 9.04. The Kier molecular flexibility index (Phi) is 2.12. The second kappa shape index (κ2) is 3.53. The number of anilines is 1. The first kappa shape index (κ1) is 10.2. The summed E-state index contributed by atoms with van der Waals surface area (Å²) < 4.78 is 0. The van der Waals surface area contributed by atoms with Crippen molar-refractivity contribution < 1.29 is 14.7 Å². The molecule has 0 aromatic heterocycles. The molecule has 1 aliphatic carbocycles. The Morgan fingerprint density at radius 3 is 2.47 bits per heavy atom. The molecule has 1 aliphatic heterocycles. The molecule has 1 saturated heterocycles. The molecule has 0 saturated carbocycles. The van der Waals surface area contributed by atoms with Gasteiger partial charge in [0.05, 0.1) is 24.1 Å². The highest BCUT2D eigenvalue weighted by molar-refractivity contribution is 6.24. The Hall–Kier alpha value is -1.94. The van der Waals surface area contributed by atoms with Crippen molar-refractivity contribution in [3.63, 3.8) is 0 Å². The topological polar surface area (TPSA) is 57.6 Å². The maximum atomic E-state index is 12.1. The molecule has 4 heteroatoms. The van der Waals surface area contributed by atoms with E-state index in [1.54, 1.807) is 30.3 Å². The van der Waals surface area contributed by atoms with E-state index in [1.165, 1.54) is 4.90 Å². The van der Waals surface area contributed by atoms with Crippen LogP contribution in [0.25, 0.3) is 0 Å². The van der Waals surface area contributed by atoms with E-state index in [1.807, 2.05) is 6.07 Å². The molecule has 86 valence electrons. The van der Waals surface area contributed by atoms with E-state index in [-0.39, 0.29) is 24.3 Å². The van der Waals surface area contributed by atoms with Gasteiger partial charge in [0, 0.05) is 0 Å². The Morgan fingerprint density at radius 1 is 1.12 bits per heavy atom. The molecule has 2 amide bonds. The van der Waals surface area contributed by atoms with Gasteiger partial charge in [0.25, 0.3) is 0 Å². The van der Waals surface area contributed by atoms with Gasteiger partial charge in [-0.2, -0.15) is 0 Å². The van der Waals surface area contributed by atoms with E-state index in [9.17, 15) is 9.59 Å². The van der Waals surface area contributed by atoms with E-state index < -0.39 is 5.92 Å². The van der Waals surface area contributed by atoms with Crippen molar-refractivity contribution in [2.75, 3.05) is 11.5 Å². The Labute approximate surface area is 98.2 Å². The Morgan fingerprint density at radius 2 is 1.82 bits per heavy atom. The van der Waals surface area contributed by atoms with Gasteiger partial charge >= 0.3 is 0 Å². The maximum absolute atomic E-state index is 12.1. The number of benzene rings is 1. The van der Waals surface area contributed by atoms with Crippen molar-refractivity contribution in [1.82, 2.24) is 0 Å². The smallest absolute Gasteiger partial charge is 0.242 e. The van der Waals surface area contributed by atoms with Crippen LogP contribution >= 0.6 is 0 Å². The largest absolute Gasteiger partial charge is 0.392 e. The van der Waals surface area contributed by atoms with Crippen molar-refractivity contribution in [2.45, 2.75) is 0 Å². The molecule has 0 radical (unpaired) electrons. The number of hydrogen-bond acceptors (Lipinski definition) is 3. The summed E-state index contributed by atoms with van der Waals surface area (Å²) in [5.41, 5.74) is 1.26. The summed E-state index contributed by atoms with van der Waals surface area (Å²) >= 11 is 0. The molecule has 0 bridgehead atoms. The van der Waals surface area contributed by atoms with Crippen molar-refractivity contribution in [3.05, 3.63) is 42.0 Å². The Bertz CT molecular complexity index is 521. The molecular formula is C13H11NO3. The molecule has 2 unspecified atom stereocenters. The van der Waals surface area contributed by atoms with Crippen molar-refractivity contribution in [1.29, 1.82) is 0 Å². The van der Waals surface area contributed by atoms with Gasteiger partial charge in [0.1, 0.15) is 0 Å². The van der Waals surface area contributed by atoms with Gasteiger partial charge < -0.3 is 5.11 Å². The summed E-state index contributed by atoms with van der Waals surface area (Å²) in [5.74, 6) is -1.22. The minimum absolute atomic E-state index is 0.150. The molecule has 2 atom stereocenters. The lowest BCUT2D eigenvalue weighted by atomic mass is 9.77. The first-order valence-corrected chi connectivity index (χ1v) is 5.48. The second-order valence-corrected chi connectivity index (χ2v) is 4.25. The summed E-state index contributed by atoms with van der Waals surface area (Å²) in [6, 6.07) is 8.88. The SMILES string of the molecule is O=C1C2C=C(CO)C2C(=O)N1c1ccccc1. The lowest BCUT2D eigenvalue weighted by molar-refractivity contribution is -0.122. The van der Waals surface area contributed by atoms with Crippen LogP contribution in [0.4, 0.5) is 5.69 Å². The fraction of sp³-hybridized carbons (Fsp3) is 0.231. The Balaban J connectivity index is 1.96. The highest BCUT2D eigenvalue weighted by Gasteiger charge is 2.53. The summed E-state index contributed by atoms with van der Waals surface area (Å²) in [5, 5.41) is 9.04. The minimum Gasteiger partial charge on any atom is -0.392 e. The number of aliphatic hydroxyl groups is 1. The van der Waals surface area contributed by atoms with Crippen LogP contribution in [0, 0.1) is 11.8 Å². The third-order valence-corrected chi connectivity index (χ3v) is 3.34. The number of hydrogen-bond donors (Lipinski definition) is 1. The molecule has 1 aromatic carbocycles. The van der Waals surface area contributed by atoms with Gasteiger partial charge in [-0.1, -0.05) is 24.3 Å². The normalized spacial score (nSPS) is 26.6. The highest BCUT2D eigenvalue weighted by Crippen LogP contribution is 2.42. The van der Waals surface area contributed by atoms with Crippen LogP contribution in [0.15, 0.2) is 42.0 Å². The molecule has 17 heavy (non-hydrogen) atoms. The predicted molar refractivity (Wildman–Crippen MR) is 61.1 cm³/mol. The van der Waals surface area contributed by atoms with Gasteiger partial charge in [0.2, 0.25) is 11.8 Å². The van der Waals surface area contributed by atoms with Crippen LogP contribution in [-0.4, -0.2) is 23.5 Å². The van der Waals surface area contributed by atoms with E-state index in [4.69, 9.17) is 5.11 Å². The third-order valence-electron chi connectivity index (χ3n) is 3.34. The van der Waals surface area contributed by atoms with E-state index >= 15 is 0 Å². The van der Waals surface area contributed by atoms with Crippen LogP contribution < -0.4 is 4.90 Å². The molecular weight excluding hydrogens is 218 g/mol. The summed E-state index contributed by atoms with van der Waals surface area (Å²) in [6.07, 6.45) is 1.69. The first-order valence-electron chi connectivity index (χ1n) is 5.48. The maximum Gasteiger partial charge on any atom is 0.242 e. The monoisotopic (exact) mass is 229 g/mol. The van der Waals surface area contributed by atoms with Crippen molar-refractivity contribution >= 4 is 17.5 Å². The van der Waals surface area contributed by atoms with Gasteiger partial charge in [-0.15, -0.1) is 0 Å². The number of amides is 2. The zero-order valence-electron chi connectivity index (χ0n) is 9.04. The van der Waals surface area contributed by atoms with Gasteiger partial charge in [-0.25, -0.2) is 4.90 Å². The molecule has 1 N–H and O–H groups in total. The molecule has 2 aliphatic rings. The third kappa shape index (κ3) is 1.27. The summed E-state index contributed by atoms with van der Waals surface area (Å²) in [6.45, 7) is -0.150.